The second-order valence-corrected chi connectivity index (χ2v) is 8.61. The molecule has 0 saturated carbocycles. The number of hydrogen-bond donors (Lipinski definition) is 1. The normalized spacial score (nSPS) is 18.5. The van der Waals surface area contributed by atoms with Crippen molar-refractivity contribution in [3.63, 3.8) is 0 Å². The number of nitrogens with zero attached hydrogens (tertiary/aromatic N) is 6. The van der Waals surface area contributed by atoms with Crippen molar-refractivity contribution < 1.29 is 0 Å². The van der Waals surface area contributed by atoms with Gasteiger partial charge in [0.05, 0.1) is 29.7 Å². The number of fused-ring (bicyclic) bond motifs is 2. The molecule has 0 radical (unpaired) electrons. The Bertz CT molecular complexity index is 1290. The lowest BCUT2D eigenvalue weighted by molar-refractivity contribution is 0.410. The van der Waals surface area contributed by atoms with Crippen molar-refractivity contribution in [3.8, 4) is 0 Å². The maximum atomic E-state index is 11.9. The molecule has 0 bridgehead atoms. The molecule has 32 heavy (non-hydrogen) atoms. The minimum Gasteiger partial charge on any atom is -0.341 e. The van der Waals surface area contributed by atoms with Gasteiger partial charge in [0.1, 0.15) is 5.69 Å². The maximum absolute atomic E-state index is 11.9. The third-order valence-corrected chi connectivity index (χ3v) is 6.46. The molecule has 2 aromatic heterocycles. The van der Waals surface area contributed by atoms with Crippen molar-refractivity contribution in [3.05, 3.63) is 64.2 Å². The third-order valence-electron chi connectivity index (χ3n) is 6.46. The van der Waals surface area contributed by atoms with Crippen molar-refractivity contribution in [2.75, 3.05) is 18.0 Å². The molecule has 3 aromatic rings. The molecular formula is C24H29N7O. The molecule has 0 amide bonds. The summed E-state index contributed by atoms with van der Waals surface area (Å²) in [7, 11) is 1.79. The molecule has 1 atom stereocenters. The Balaban J connectivity index is 1.44. The lowest BCUT2D eigenvalue weighted by Gasteiger charge is -2.32. The standard InChI is InChI=1S/C24H29N7O/c1-4-30-23-16(2)31(14-17-7-9-21-18(12-17)8-10-22(32)28(21)3)26-13-20(23)27-24(30)29-11-5-6-19(25)15-29/h7-10,12-13,19H,2,4-6,11,14-15,25H2,1,3H3/t19-/m1/s1. The second-order valence-electron chi connectivity index (χ2n) is 8.61. The van der Waals surface area contributed by atoms with Crippen LogP contribution in [0.2, 0.25) is 0 Å². The van der Waals surface area contributed by atoms with Gasteiger partial charge in [-0.25, -0.2) is 4.98 Å². The molecule has 1 fully saturated rings. The predicted octanol–water partition coefficient (Wildman–Crippen LogP) is 2.50. The number of piperidine rings is 1. The van der Waals surface area contributed by atoms with E-state index < -0.39 is 0 Å². The first-order valence-corrected chi connectivity index (χ1v) is 11.2. The quantitative estimate of drug-likeness (QED) is 0.686. The lowest BCUT2D eigenvalue weighted by Crippen LogP contribution is -2.44. The number of nitrogens with two attached hydrogens (primary N) is 1. The van der Waals surface area contributed by atoms with Crippen molar-refractivity contribution >= 4 is 28.8 Å². The van der Waals surface area contributed by atoms with Crippen molar-refractivity contribution in [1.29, 1.82) is 0 Å². The van der Waals surface area contributed by atoms with E-state index in [1.165, 1.54) is 0 Å². The van der Waals surface area contributed by atoms with Crippen LogP contribution in [0.1, 0.15) is 36.7 Å². The van der Waals surface area contributed by atoms with E-state index in [1.807, 2.05) is 29.4 Å². The molecule has 0 aliphatic carbocycles. The Morgan fingerprint density at radius 1 is 1.25 bits per heavy atom. The van der Waals surface area contributed by atoms with E-state index in [2.05, 4.69) is 34.1 Å². The number of hydrogen-bond acceptors (Lipinski definition) is 6. The molecule has 4 heterocycles. The van der Waals surface area contributed by atoms with Crippen LogP contribution in [0.25, 0.3) is 16.6 Å². The topological polar surface area (TPSA) is 84.7 Å². The molecule has 1 saturated heterocycles. The van der Waals surface area contributed by atoms with Crippen molar-refractivity contribution in [1.82, 2.24) is 19.1 Å². The largest absolute Gasteiger partial charge is 0.341 e. The SMILES string of the molecule is C=C1c2c(nc(N3CCC[C@@H](N)C3)n2CC)C=NN1Cc1ccc2c(ccc(=O)n2C)c1. The summed E-state index contributed by atoms with van der Waals surface area (Å²) in [6.07, 6.45) is 3.97. The Morgan fingerprint density at radius 2 is 2.09 bits per heavy atom. The number of aryl methyl sites for hydroxylation is 1. The highest BCUT2D eigenvalue weighted by Gasteiger charge is 2.28. The molecule has 2 N–H and O–H groups in total. The summed E-state index contributed by atoms with van der Waals surface area (Å²) < 4.78 is 3.89. The van der Waals surface area contributed by atoms with Crippen LogP contribution in [0, 0.1) is 0 Å². The zero-order chi connectivity index (χ0) is 22.4. The van der Waals surface area contributed by atoms with Crippen molar-refractivity contribution in [2.24, 2.45) is 17.9 Å². The van der Waals surface area contributed by atoms with Gasteiger partial charge in [0, 0.05) is 38.8 Å². The molecule has 8 heteroatoms. The van der Waals surface area contributed by atoms with E-state index in [4.69, 9.17) is 10.7 Å². The van der Waals surface area contributed by atoms with E-state index in [9.17, 15) is 4.79 Å². The zero-order valence-corrected chi connectivity index (χ0v) is 18.7. The highest BCUT2D eigenvalue weighted by atomic mass is 16.1. The fraction of sp³-hybridized carbons (Fsp3) is 0.375. The summed E-state index contributed by atoms with van der Waals surface area (Å²) in [5.74, 6) is 0.953. The van der Waals surface area contributed by atoms with Crippen LogP contribution in [0.15, 0.2) is 46.8 Å². The first-order chi connectivity index (χ1) is 15.5. The minimum absolute atomic E-state index is 0.00918. The second kappa shape index (κ2) is 7.94. The fourth-order valence-electron chi connectivity index (χ4n) is 4.74. The van der Waals surface area contributed by atoms with Gasteiger partial charge in [-0.2, -0.15) is 5.10 Å². The van der Waals surface area contributed by atoms with E-state index in [1.54, 1.807) is 17.7 Å². The summed E-state index contributed by atoms with van der Waals surface area (Å²) in [5.41, 5.74) is 10.9. The zero-order valence-electron chi connectivity index (χ0n) is 18.7. The molecule has 8 nitrogen and oxygen atoms in total. The van der Waals surface area contributed by atoms with Gasteiger partial charge in [0.15, 0.2) is 0 Å². The van der Waals surface area contributed by atoms with Crippen LogP contribution in [0.4, 0.5) is 5.95 Å². The van der Waals surface area contributed by atoms with Crippen LogP contribution in [-0.2, 0) is 20.1 Å². The van der Waals surface area contributed by atoms with E-state index in [-0.39, 0.29) is 11.6 Å². The average molecular weight is 432 g/mol. The molecule has 0 unspecified atom stereocenters. The lowest BCUT2D eigenvalue weighted by atomic mass is 10.1. The summed E-state index contributed by atoms with van der Waals surface area (Å²) in [6, 6.07) is 9.78. The summed E-state index contributed by atoms with van der Waals surface area (Å²) in [6.45, 7) is 9.68. The number of aromatic nitrogens is 3. The van der Waals surface area contributed by atoms with E-state index in [0.717, 1.165) is 72.0 Å². The molecule has 166 valence electrons. The van der Waals surface area contributed by atoms with Crippen LogP contribution in [0.3, 0.4) is 0 Å². The molecule has 2 aliphatic rings. The Kier molecular flexibility index (Phi) is 5.09. The maximum Gasteiger partial charge on any atom is 0.250 e. The van der Waals surface area contributed by atoms with Gasteiger partial charge in [-0.1, -0.05) is 12.6 Å². The summed E-state index contributed by atoms with van der Waals surface area (Å²) in [4.78, 5) is 19.1. The average Bonchev–Trinajstić information content (AvgIpc) is 3.18. The van der Waals surface area contributed by atoms with Gasteiger partial charge >= 0.3 is 0 Å². The van der Waals surface area contributed by atoms with E-state index >= 15 is 0 Å². The van der Waals surface area contributed by atoms with E-state index in [0.29, 0.717) is 6.54 Å². The Morgan fingerprint density at radius 3 is 2.88 bits per heavy atom. The van der Waals surface area contributed by atoms with Gasteiger partial charge < -0.3 is 19.8 Å². The van der Waals surface area contributed by atoms with Crippen molar-refractivity contribution in [2.45, 2.75) is 38.9 Å². The number of hydrazone groups is 1. The first-order valence-electron chi connectivity index (χ1n) is 11.2. The molecule has 0 spiro atoms. The number of imidazole rings is 1. The Hall–Kier alpha value is -3.39. The van der Waals surface area contributed by atoms with Crippen LogP contribution in [0.5, 0.6) is 0 Å². The summed E-state index contributed by atoms with van der Waals surface area (Å²) in [5, 5.41) is 7.59. The van der Waals surface area contributed by atoms with Crippen LogP contribution < -0.4 is 16.2 Å². The van der Waals surface area contributed by atoms with Gasteiger partial charge in [-0.15, -0.1) is 0 Å². The number of anilines is 1. The number of pyridine rings is 1. The van der Waals surface area contributed by atoms with Gasteiger partial charge in [-0.05, 0) is 48.9 Å². The first kappa shape index (κ1) is 20.5. The monoisotopic (exact) mass is 431 g/mol. The highest BCUT2D eigenvalue weighted by molar-refractivity contribution is 5.88. The fourth-order valence-corrected chi connectivity index (χ4v) is 4.74. The summed E-state index contributed by atoms with van der Waals surface area (Å²) >= 11 is 0. The third kappa shape index (κ3) is 3.40. The van der Waals surface area contributed by atoms with Crippen LogP contribution >= 0.6 is 0 Å². The molecule has 5 rings (SSSR count). The van der Waals surface area contributed by atoms with Gasteiger partial charge in [0.2, 0.25) is 5.95 Å². The molecular weight excluding hydrogens is 402 g/mol. The van der Waals surface area contributed by atoms with Gasteiger partial charge in [0.25, 0.3) is 5.56 Å². The number of benzene rings is 1. The predicted molar refractivity (Wildman–Crippen MR) is 129 cm³/mol. The number of rotatable bonds is 4. The molecule has 1 aromatic carbocycles. The minimum atomic E-state index is -0.00918. The Labute approximate surface area is 187 Å². The molecule has 2 aliphatic heterocycles. The van der Waals surface area contributed by atoms with Gasteiger partial charge in [-0.3, -0.25) is 9.80 Å². The van der Waals surface area contributed by atoms with Crippen LogP contribution in [-0.4, -0.2) is 44.5 Å². The highest BCUT2D eigenvalue weighted by Crippen LogP contribution is 2.32. The smallest absolute Gasteiger partial charge is 0.250 e.